The molecule has 2 amide bonds. The number of nitrogens with zero attached hydrogens (tertiary/aromatic N) is 1. The van der Waals surface area contributed by atoms with E-state index in [1.54, 1.807) is 0 Å². The maximum absolute atomic E-state index is 11.1. The van der Waals surface area contributed by atoms with Crippen LogP contribution in [0.3, 0.4) is 0 Å². The van der Waals surface area contributed by atoms with E-state index in [2.05, 4.69) is 4.74 Å². The molecular weight excluding hydrogens is 160 g/mol. The monoisotopic (exact) mass is 172 g/mol. The largest absolute Gasteiger partial charge is 0.467 e. The molecule has 1 fully saturated rings. The molecule has 0 unspecified atom stereocenters. The van der Waals surface area contributed by atoms with Crippen LogP contribution < -0.4 is 5.73 Å². The van der Waals surface area contributed by atoms with Crippen molar-refractivity contribution in [2.45, 2.75) is 18.9 Å². The number of hydrogen-bond donors (Lipinski definition) is 1. The Kier molecular flexibility index (Phi) is 2.52. The summed E-state index contributed by atoms with van der Waals surface area (Å²) in [6.07, 6.45) is 1.46. The number of hydrogen-bond acceptors (Lipinski definition) is 3. The van der Waals surface area contributed by atoms with Crippen molar-refractivity contribution in [2.75, 3.05) is 13.7 Å². The Bertz CT molecular complexity index is 205. The van der Waals surface area contributed by atoms with E-state index in [1.165, 1.54) is 12.0 Å². The molecule has 1 saturated heterocycles. The van der Waals surface area contributed by atoms with Crippen molar-refractivity contribution in [2.24, 2.45) is 5.73 Å². The van der Waals surface area contributed by atoms with Gasteiger partial charge in [-0.2, -0.15) is 0 Å². The van der Waals surface area contributed by atoms with Crippen molar-refractivity contribution in [1.29, 1.82) is 0 Å². The topological polar surface area (TPSA) is 72.6 Å². The van der Waals surface area contributed by atoms with Crippen molar-refractivity contribution in [3.8, 4) is 0 Å². The molecule has 1 aliphatic rings. The fourth-order valence-corrected chi connectivity index (χ4v) is 1.41. The van der Waals surface area contributed by atoms with Crippen LogP contribution >= 0.6 is 0 Å². The van der Waals surface area contributed by atoms with Gasteiger partial charge < -0.3 is 15.4 Å². The van der Waals surface area contributed by atoms with E-state index < -0.39 is 12.1 Å². The normalized spacial score (nSPS) is 22.4. The van der Waals surface area contributed by atoms with Gasteiger partial charge in [0.1, 0.15) is 6.04 Å². The second-order valence-corrected chi connectivity index (χ2v) is 2.71. The van der Waals surface area contributed by atoms with Crippen LogP contribution in [0.1, 0.15) is 12.8 Å². The lowest BCUT2D eigenvalue weighted by Crippen LogP contribution is -2.43. The number of carbonyl (C=O) groups excluding carboxylic acids is 2. The molecule has 0 radical (unpaired) electrons. The van der Waals surface area contributed by atoms with Crippen LogP contribution in [0.2, 0.25) is 0 Å². The molecule has 0 aromatic carbocycles. The Morgan fingerprint density at radius 2 is 2.25 bits per heavy atom. The molecule has 1 aliphatic heterocycles. The highest BCUT2D eigenvalue weighted by Crippen LogP contribution is 2.17. The van der Waals surface area contributed by atoms with Crippen molar-refractivity contribution in [3.05, 3.63) is 0 Å². The van der Waals surface area contributed by atoms with E-state index in [9.17, 15) is 9.59 Å². The first-order chi connectivity index (χ1) is 5.66. The average molecular weight is 172 g/mol. The maximum Gasteiger partial charge on any atom is 0.328 e. The molecule has 1 heterocycles. The van der Waals surface area contributed by atoms with Crippen LogP contribution in [0.4, 0.5) is 4.79 Å². The third-order valence-electron chi connectivity index (χ3n) is 2.01. The summed E-state index contributed by atoms with van der Waals surface area (Å²) in [6.45, 7) is 0.551. The van der Waals surface area contributed by atoms with Gasteiger partial charge in [-0.1, -0.05) is 0 Å². The molecule has 0 aliphatic carbocycles. The lowest BCUT2D eigenvalue weighted by atomic mass is 10.2. The summed E-state index contributed by atoms with van der Waals surface area (Å²) in [5.74, 6) is -0.383. The zero-order chi connectivity index (χ0) is 9.14. The van der Waals surface area contributed by atoms with E-state index >= 15 is 0 Å². The van der Waals surface area contributed by atoms with Crippen LogP contribution in [0, 0.1) is 0 Å². The minimum absolute atomic E-state index is 0.383. The smallest absolute Gasteiger partial charge is 0.328 e. The Hall–Kier alpha value is -1.26. The third-order valence-corrected chi connectivity index (χ3v) is 2.01. The summed E-state index contributed by atoms with van der Waals surface area (Å²) in [5, 5.41) is 0. The minimum Gasteiger partial charge on any atom is -0.467 e. The van der Waals surface area contributed by atoms with E-state index in [0.717, 1.165) is 6.42 Å². The standard InChI is InChI=1S/C7H12N2O3/c1-12-6(10)5-3-2-4-9(5)7(8)11/h5H,2-4H2,1H3,(H2,8,11)/t5-/m0/s1. The van der Waals surface area contributed by atoms with Crippen LogP contribution in [0.25, 0.3) is 0 Å². The highest BCUT2D eigenvalue weighted by molar-refractivity contribution is 5.83. The number of rotatable bonds is 1. The molecule has 0 saturated carbocycles. The summed E-state index contributed by atoms with van der Waals surface area (Å²) in [5.41, 5.74) is 5.06. The minimum atomic E-state index is -0.553. The predicted octanol–water partition coefficient (Wildman–Crippen LogP) is -0.298. The molecule has 5 nitrogen and oxygen atoms in total. The van der Waals surface area contributed by atoms with Gasteiger partial charge in [-0.3, -0.25) is 0 Å². The van der Waals surface area contributed by atoms with Crippen molar-refractivity contribution in [3.63, 3.8) is 0 Å². The predicted molar refractivity (Wildman–Crippen MR) is 41.3 cm³/mol. The second-order valence-electron chi connectivity index (χ2n) is 2.71. The van der Waals surface area contributed by atoms with E-state index in [-0.39, 0.29) is 5.97 Å². The number of nitrogens with two attached hydrogens (primary N) is 1. The number of primary amides is 1. The van der Waals surface area contributed by atoms with Gasteiger partial charge in [-0.05, 0) is 12.8 Å². The first-order valence-corrected chi connectivity index (χ1v) is 3.80. The highest BCUT2D eigenvalue weighted by Gasteiger charge is 2.33. The van der Waals surface area contributed by atoms with E-state index in [4.69, 9.17) is 5.73 Å². The summed E-state index contributed by atoms with van der Waals surface area (Å²) in [7, 11) is 1.31. The summed E-state index contributed by atoms with van der Waals surface area (Å²) in [6, 6.07) is -1.02. The SMILES string of the molecule is COC(=O)[C@@H]1CCCN1C(N)=O. The van der Waals surface area contributed by atoms with Gasteiger partial charge in [0.15, 0.2) is 0 Å². The molecule has 2 N–H and O–H groups in total. The fraction of sp³-hybridized carbons (Fsp3) is 0.714. The molecule has 1 atom stereocenters. The third kappa shape index (κ3) is 1.49. The Labute approximate surface area is 70.5 Å². The molecule has 68 valence electrons. The molecule has 0 bridgehead atoms. The Morgan fingerprint density at radius 3 is 2.75 bits per heavy atom. The molecule has 1 rings (SSSR count). The Morgan fingerprint density at radius 1 is 1.58 bits per heavy atom. The lowest BCUT2D eigenvalue weighted by Gasteiger charge is -2.19. The summed E-state index contributed by atoms with van der Waals surface area (Å²) in [4.78, 5) is 23.2. The Balaban J connectivity index is 2.63. The lowest BCUT2D eigenvalue weighted by molar-refractivity contribution is -0.144. The van der Waals surface area contributed by atoms with Crippen LogP contribution in [-0.4, -0.2) is 36.6 Å². The van der Waals surface area contributed by atoms with Gasteiger partial charge in [-0.15, -0.1) is 0 Å². The van der Waals surface area contributed by atoms with Crippen LogP contribution in [0.5, 0.6) is 0 Å². The van der Waals surface area contributed by atoms with E-state index in [0.29, 0.717) is 13.0 Å². The number of likely N-dealkylation sites (tertiary alicyclic amines) is 1. The molecule has 0 spiro atoms. The number of amides is 2. The molecule has 5 heteroatoms. The number of esters is 1. The summed E-state index contributed by atoms with van der Waals surface area (Å²) < 4.78 is 4.53. The number of urea groups is 1. The quantitative estimate of drug-likeness (QED) is 0.552. The number of ether oxygens (including phenoxy) is 1. The fourth-order valence-electron chi connectivity index (χ4n) is 1.41. The van der Waals surface area contributed by atoms with Gasteiger partial charge in [0.25, 0.3) is 0 Å². The number of methoxy groups -OCH3 is 1. The van der Waals surface area contributed by atoms with Crippen molar-refractivity contribution in [1.82, 2.24) is 4.90 Å². The van der Waals surface area contributed by atoms with Gasteiger partial charge in [-0.25, -0.2) is 9.59 Å². The first-order valence-electron chi connectivity index (χ1n) is 3.80. The molecule has 0 aromatic rings. The zero-order valence-electron chi connectivity index (χ0n) is 6.95. The first kappa shape index (κ1) is 8.83. The summed E-state index contributed by atoms with van der Waals surface area (Å²) >= 11 is 0. The van der Waals surface area contributed by atoms with Crippen LogP contribution in [0.15, 0.2) is 0 Å². The molecular formula is C7H12N2O3. The highest BCUT2D eigenvalue weighted by atomic mass is 16.5. The van der Waals surface area contributed by atoms with E-state index in [1.807, 2.05) is 0 Å². The molecule has 0 aromatic heterocycles. The molecule has 12 heavy (non-hydrogen) atoms. The van der Waals surface area contributed by atoms with Crippen LogP contribution in [-0.2, 0) is 9.53 Å². The van der Waals surface area contributed by atoms with Gasteiger partial charge in [0, 0.05) is 6.54 Å². The second kappa shape index (κ2) is 3.42. The maximum atomic E-state index is 11.1. The van der Waals surface area contributed by atoms with Crippen molar-refractivity contribution < 1.29 is 14.3 Å². The van der Waals surface area contributed by atoms with Gasteiger partial charge in [0.2, 0.25) is 0 Å². The average Bonchev–Trinajstić information content (AvgIpc) is 2.50. The van der Waals surface area contributed by atoms with Crippen molar-refractivity contribution >= 4 is 12.0 Å². The zero-order valence-corrected chi connectivity index (χ0v) is 6.95. The van der Waals surface area contributed by atoms with Gasteiger partial charge >= 0.3 is 12.0 Å². The number of carbonyl (C=O) groups is 2. The van der Waals surface area contributed by atoms with Gasteiger partial charge in [0.05, 0.1) is 7.11 Å².